The molecule has 0 N–H and O–H groups in total. The molecular weight excluding hydrogens is 469 g/mol. The summed E-state index contributed by atoms with van der Waals surface area (Å²) >= 11 is 13.1. The summed E-state index contributed by atoms with van der Waals surface area (Å²) in [6.07, 6.45) is 0. The summed E-state index contributed by atoms with van der Waals surface area (Å²) in [6.45, 7) is 1.84. The minimum Gasteiger partial charge on any atom is -0.466 e. The summed E-state index contributed by atoms with van der Waals surface area (Å²) in [5, 5.41) is 0.548. The molecule has 1 heterocycles. The largest absolute Gasteiger partial charge is 0.466 e. The van der Waals surface area contributed by atoms with E-state index in [-0.39, 0.29) is 24.6 Å². The van der Waals surface area contributed by atoms with Crippen LogP contribution in [-0.2, 0) is 23.8 Å². The van der Waals surface area contributed by atoms with Gasteiger partial charge in [0.05, 0.1) is 32.1 Å². The molecule has 0 aromatic heterocycles. The fourth-order valence-corrected chi connectivity index (χ4v) is 4.24. The Labute approximate surface area is 160 Å². The third-order valence-electron chi connectivity index (χ3n) is 3.48. The summed E-state index contributed by atoms with van der Waals surface area (Å²) in [6, 6.07) is 1.71. The second kappa shape index (κ2) is 7.86. The molecule has 6 nitrogen and oxygen atoms in total. The van der Waals surface area contributed by atoms with Crippen LogP contribution in [0.5, 0.6) is 0 Å². The molecule has 24 heavy (non-hydrogen) atoms. The zero-order chi connectivity index (χ0) is 18.0. The van der Waals surface area contributed by atoms with E-state index in [4.69, 9.17) is 25.8 Å². The minimum absolute atomic E-state index is 0.0462. The number of hydrogen-bond donors (Lipinski definition) is 0. The maximum atomic E-state index is 12.3. The number of anilines is 1. The molecule has 0 unspecified atom stereocenters. The third-order valence-corrected chi connectivity index (χ3v) is 5.45. The van der Waals surface area contributed by atoms with E-state index >= 15 is 0 Å². The highest BCUT2D eigenvalue weighted by atomic mass is 79.9. The zero-order valence-corrected chi connectivity index (χ0v) is 17.0. The van der Waals surface area contributed by atoms with Gasteiger partial charge >= 0.3 is 11.9 Å². The minimum atomic E-state index is -0.662. The first-order valence-corrected chi connectivity index (χ1v) is 8.69. The average Bonchev–Trinajstić information content (AvgIpc) is 2.58. The molecule has 0 atom stereocenters. The van der Waals surface area contributed by atoms with Gasteiger partial charge in [-0.3, -0.25) is 0 Å². The molecular formula is C15H14Br2ClNO5. The molecule has 1 aromatic rings. The lowest BCUT2D eigenvalue weighted by Gasteiger charge is -2.33. The van der Waals surface area contributed by atoms with Crippen molar-refractivity contribution < 1.29 is 23.8 Å². The molecule has 0 saturated heterocycles. The van der Waals surface area contributed by atoms with Crippen LogP contribution in [0.25, 0.3) is 0 Å². The number of halogens is 3. The first kappa shape index (κ1) is 19.2. The molecule has 0 aliphatic carbocycles. The van der Waals surface area contributed by atoms with Crippen LogP contribution in [0.4, 0.5) is 5.69 Å². The Morgan fingerprint density at radius 1 is 1.25 bits per heavy atom. The Bertz CT molecular complexity index is 735. The average molecular weight is 484 g/mol. The van der Waals surface area contributed by atoms with Crippen molar-refractivity contribution in [1.29, 1.82) is 0 Å². The van der Waals surface area contributed by atoms with E-state index < -0.39 is 11.9 Å². The number of carbonyl (C=O) groups excluding carboxylic acids is 2. The van der Waals surface area contributed by atoms with Crippen LogP contribution in [-0.4, -0.2) is 39.5 Å². The van der Waals surface area contributed by atoms with Crippen LogP contribution in [0.3, 0.4) is 0 Å². The van der Waals surface area contributed by atoms with Crippen molar-refractivity contribution >= 4 is 61.1 Å². The monoisotopic (exact) mass is 481 g/mol. The van der Waals surface area contributed by atoms with Crippen LogP contribution in [0.2, 0.25) is 5.02 Å². The van der Waals surface area contributed by atoms with E-state index in [1.807, 2.05) is 6.92 Å². The number of carbonyl (C=O) groups is 2. The molecule has 0 saturated carbocycles. The van der Waals surface area contributed by atoms with E-state index in [0.717, 1.165) is 5.56 Å². The molecule has 0 bridgehead atoms. The Morgan fingerprint density at radius 3 is 2.46 bits per heavy atom. The van der Waals surface area contributed by atoms with Gasteiger partial charge in [-0.15, -0.1) is 0 Å². The van der Waals surface area contributed by atoms with Gasteiger partial charge in [-0.05, 0) is 50.4 Å². The normalized spacial score (nSPS) is 14.7. The third kappa shape index (κ3) is 3.46. The Morgan fingerprint density at radius 2 is 1.88 bits per heavy atom. The molecule has 0 amide bonds. The van der Waals surface area contributed by atoms with Crippen molar-refractivity contribution in [3.63, 3.8) is 0 Å². The van der Waals surface area contributed by atoms with Gasteiger partial charge in [0.15, 0.2) is 0 Å². The van der Waals surface area contributed by atoms with E-state index in [1.54, 1.807) is 11.0 Å². The Hall–Kier alpha value is -1.09. The smallest absolute Gasteiger partial charge is 0.355 e. The number of benzene rings is 1. The maximum Gasteiger partial charge on any atom is 0.355 e. The Kier molecular flexibility index (Phi) is 6.30. The lowest BCUT2D eigenvalue weighted by molar-refractivity contribution is -0.140. The zero-order valence-electron chi connectivity index (χ0n) is 13.1. The van der Waals surface area contributed by atoms with Gasteiger partial charge in [-0.25, -0.2) is 9.59 Å². The van der Waals surface area contributed by atoms with E-state index in [1.165, 1.54) is 14.2 Å². The molecule has 1 aliphatic heterocycles. The second-order valence-corrected chi connectivity index (χ2v) is 6.90. The predicted molar refractivity (Wildman–Crippen MR) is 95.9 cm³/mol. The van der Waals surface area contributed by atoms with Crippen LogP contribution >= 0.6 is 43.5 Å². The number of ether oxygens (including phenoxy) is 3. The van der Waals surface area contributed by atoms with Crippen molar-refractivity contribution in [2.24, 2.45) is 0 Å². The number of rotatable bonds is 3. The van der Waals surface area contributed by atoms with Gasteiger partial charge in [0, 0.05) is 14.0 Å². The first-order chi connectivity index (χ1) is 11.3. The summed E-state index contributed by atoms with van der Waals surface area (Å²) < 4.78 is 16.3. The molecule has 0 radical (unpaired) electrons. The molecule has 1 aliphatic rings. The molecule has 0 spiro atoms. The van der Waals surface area contributed by atoms with Gasteiger partial charge in [-0.2, -0.15) is 0 Å². The summed E-state index contributed by atoms with van der Waals surface area (Å²) in [5.41, 5.74) is 1.53. The fourth-order valence-electron chi connectivity index (χ4n) is 2.24. The van der Waals surface area contributed by atoms with Crippen molar-refractivity contribution in [2.45, 2.75) is 6.92 Å². The highest BCUT2D eigenvalue weighted by Gasteiger charge is 2.34. The highest BCUT2D eigenvalue weighted by molar-refractivity contribution is 9.11. The highest BCUT2D eigenvalue weighted by Crippen LogP contribution is 2.42. The van der Waals surface area contributed by atoms with Crippen LogP contribution in [0, 0.1) is 6.92 Å². The van der Waals surface area contributed by atoms with Gasteiger partial charge in [-0.1, -0.05) is 11.6 Å². The van der Waals surface area contributed by atoms with Gasteiger partial charge in [0.25, 0.3) is 0 Å². The number of methoxy groups -OCH3 is 2. The maximum absolute atomic E-state index is 12.3. The molecule has 1 aromatic carbocycles. The fraction of sp³-hybridized carbons (Fsp3) is 0.333. The van der Waals surface area contributed by atoms with Crippen LogP contribution < -0.4 is 4.90 Å². The molecule has 0 fully saturated rings. The molecule has 9 heteroatoms. The van der Waals surface area contributed by atoms with Gasteiger partial charge in [0.1, 0.15) is 12.4 Å². The number of nitrogens with zero attached hydrogens (tertiary/aromatic N) is 1. The lowest BCUT2D eigenvalue weighted by atomic mass is 10.1. The molecule has 2 rings (SSSR count). The Balaban J connectivity index is 2.71. The van der Waals surface area contributed by atoms with Crippen LogP contribution in [0.1, 0.15) is 5.56 Å². The topological polar surface area (TPSA) is 65.1 Å². The standard InChI is InChI=1S/C15H14Br2ClNO5/c1-7-10(18)4-9(16)13(11(7)17)19-6-24-5-8(14(20)22-2)12(19)15(21)23-3/h4H,5-6H2,1-3H3. The second-order valence-electron chi connectivity index (χ2n) is 4.84. The van der Waals surface area contributed by atoms with Crippen LogP contribution in [0.15, 0.2) is 26.3 Å². The molecule has 130 valence electrons. The van der Waals surface area contributed by atoms with Crippen molar-refractivity contribution in [2.75, 3.05) is 32.5 Å². The lowest BCUT2D eigenvalue weighted by Crippen LogP contribution is -2.39. The first-order valence-electron chi connectivity index (χ1n) is 6.72. The van der Waals surface area contributed by atoms with E-state index in [9.17, 15) is 9.59 Å². The van der Waals surface area contributed by atoms with Crippen molar-refractivity contribution in [1.82, 2.24) is 0 Å². The van der Waals surface area contributed by atoms with E-state index in [2.05, 4.69) is 31.9 Å². The summed E-state index contributed by atoms with van der Waals surface area (Å²) in [4.78, 5) is 25.9. The van der Waals surface area contributed by atoms with Gasteiger partial charge < -0.3 is 19.1 Å². The SMILES string of the molecule is COC(=O)C1=C(C(=O)OC)N(c2c(Br)cc(Cl)c(C)c2Br)COC1. The number of esters is 2. The van der Waals surface area contributed by atoms with Crippen molar-refractivity contribution in [3.05, 3.63) is 36.9 Å². The quantitative estimate of drug-likeness (QED) is 0.613. The van der Waals surface area contributed by atoms with Crippen molar-refractivity contribution in [3.8, 4) is 0 Å². The predicted octanol–water partition coefficient (Wildman–Crippen LogP) is 3.57. The summed E-state index contributed by atoms with van der Waals surface area (Å²) in [5.74, 6) is -1.32. The van der Waals surface area contributed by atoms with E-state index in [0.29, 0.717) is 19.7 Å². The van der Waals surface area contributed by atoms with Gasteiger partial charge in [0.2, 0.25) is 0 Å². The summed E-state index contributed by atoms with van der Waals surface area (Å²) in [7, 11) is 2.48. The number of hydrogen-bond acceptors (Lipinski definition) is 6.